The van der Waals surface area contributed by atoms with Gasteiger partial charge in [-0.25, -0.2) is 0 Å². The highest BCUT2D eigenvalue weighted by Gasteiger charge is 2.12. The van der Waals surface area contributed by atoms with Gasteiger partial charge in [0.25, 0.3) is 0 Å². The second-order valence-electron chi connectivity index (χ2n) is 6.26. The number of aryl methyl sites for hydroxylation is 1. The predicted octanol–water partition coefficient (Wildman–Crippen LogP) is 5.11. The maximum absolute atomic E-state index is 4.60. The molecule has 1 unspecified atom stereocenters. The Bertz CT molecular complexity index is 807. The molecule has 0 saturated heterocycles. The summed E-state index contributed by atoms with van der Waals surface area (Å²) in [5.41, 5.74) is 5.87. The van der Waals surface area contributed by atoms with E-state index in [9.17, 15) is 0 Å². The zero-order valence-corrected chi connectivity index (χ0v) is 14.7. The van der Waals surface area contributed by atoms with Crippen molar-refractivity contribution in [1.82, 2.24) is 10.3 Å². The van der Waals surface area contributed by atoms with Gasteiger partial charge in [0.1, 0.15) is 0 Å². The lowest BCUT2D eigenvalue weighted by atomic mass is 9.97. The van der Waals surface area contributed by atoms with Crippen LogP contribution in [-0.4, -0.2) is 4.98 Å². The van der Waals surface area contributed by atoms with Crippen molar-refractivity contribution in [3.05, 3.63) is 107 Å². The molecule has 126 valence electrons. The highest BCUT2D eigenvalue weighted by molar-refractivity contribution is 5.47. The van der Waals surface area contributed by atoms with Gasteiger partial charge in [0.2, 0.25) is 0 Å². The minimum atomic E-state index is 0.239. The van der Waals surface area contributed by atoms with E-state index in [-0.39, 0.29) is 6.04 Å². The van der Waals surface area contributed by atoms with Crippen molar-refractivity contribution in [2.45, 2.75) is 25.9 Å². The van der Waals surface area contributed by atoms with Crippen LogP contribution in [0.25, 0.3) is 6.08 Å². The van der Waals surface area contributed by atoms with Gasteiger partial charge in [0.05, 0.1) is 5.69 Å². The second-order valence-corrected chi connectivity index (χ2v) is 6.26. The molecule has 0 radical (unpaired) electrons. The standard InChI is InChI=1S/C23H24N2/c1-3-19-12-14-21(15-13-19)23(16-20-9-5-4-6-10-20)24-17-22-11-7-8-18(2)25-22/h3-15,23-24H,1,16-17H2,2H3. The van der Waals surface area contributed by atoms with Gasteiger partial charge < -0.3 is 5.32 Å². The molecule has 0 saturated carbocycles. The van der Waals surface area contributed by atoms with E-state index in [0.29, 0.717) is 0 Å². The molecule has 3 rings (SSSR count). The van der Waals surface area contributed by atoms with E-state index in [1.54, 1.807) is 0 Å². The highest BCUT2D eigenvalue weighted by Crippen LogP contribution is 2.20. The van der Waals surface area contributed by atoms with Crippen LogP contribution in [0.1, 0.15) is 34.1 Å². The quantitative estimate of drug-likeness (QED) is 0.652. The summed E-state index contributed by atoms with van der Waals surface area (Å²) in [5.74, 6) is 0. The maximum atomic E-state index is 4.60. The minimum absolute atomic E-state index is 0.239. The summed E-state index contributed by atoms with van der Waals surface area (Å²) in [6, 6.07) is 25.6. The number of nitrogens with one attached hydrogen (secondary N) is 1. The number of pyridine rings is 1. The van der Waals surface area contributed by atoms with Crippen LogP contribution in [0, 0.1) is 6.92 Å². The lowest BCUT2D eigenvalue weighted by Crippen LogP contribution is -2.23. The Labute approximate surface area is 150 Å². The Morgan fingerprint density at radius 2 is 1.72 bits per heavy atom. The van der Waals surface area contributed by atoms with E-state index in [1.165, 1.54) is 11.1 Å². The van der Waals surface area contributed by atoms with E-state index in [0.717, 1.165) is 29.9 Å². The van der Waals surface area contributed by atoms with Crippen LogP contribution in [-0.2, 0) is 13.0 Å². The lowest BCUT2D eigenvalue weighted by Gasteiger charge is -2.20. The molecule has 1 atom stereocenters. The van der Waals surface area contributed by atoms with Gasteiger partial charge in [-0.1, -0.05) is 73.3 Å². The van der Waals surface area contributed by atoms with Gasteiger partial charge in [-0.05, 0) is 42.2 Å². The average Bonchev–Trinajstić information content (AvgIpc) is 2.66. The smallest absolute Gasteiger partial charge is 0.0545 e. The maximum Gasteiger partial charge on any atom is 0.0545 e. The number of benzene rings is 2. The van der Waals surface area contributed by atoms with Gasteiger partial charge >= 0.3 is 0 Å². The molecule has 1 heterocycles. The molecule has 1 N–H and O–H groups in total. The molecule has 0 aliphatic carbocycles. The molecule has 2 aromatic carbocycles. The van der Waals surface area contributed by atoms with Crippen molar-refractivity contribution in [1.29, 1.82) is 0 Å². The molecule has 25 heavy (non-hydrogen) atoms. The third-order valence-electron chi connectivity index (χ3n) is 4.33. The number of hydrogen-bond donors (Lipinski definition) is 1. The van der Waals surface area contributed by atoms with E-state index in [4.69, 9.17) is 0 Å². The summed E-state index contributed by atoms with van der Waals surface area (Å²) >= 11 is 0. The Morgan fingerprint density at radius 3 is 2.40 bits per heavy atom. The molecule has 0 aliphatic rings. The van der Waals surface area contributed by atoms with Crippen LogP contribution >= 0.6 is 0 Å². The van der Waals surface area contributed by atoms with Crippen LogP contribution in [0.3, 0.4) is 0 Å². The molecule has 0 amide bonds. The second kappa shape index (κ2) is 8.41. The lowest BCUT2D eigenvalue weighted by molar-refractivity contribution is 0.525. The zero-order valence-electron chi connectivity index (χ0n) is 14.7. The number of rotatable bonds is 7. The summed E-state index contributed by atoms with van der Waals surface area (Å²) < 4.78 is 0. The van der Waals surface area contributed by atoms with Crippen LogP contribution in [0.4, 0.5) is 0 Å². The first-order valence-electron chi connectivity index (χ1n) is 8.67. The number of nitrogens with zero attached hydrogens (tertiary/aromatic N) is 1. The van der Waals surface area contributed by atoms with Crippen LogP contribution in [0.5, 0.6) is 0 Å². The first-order chi connectivity index (χ1) is 12.2. The first kappa shape index (κ1) is 17.1. The van der Waals surface area contributed by atoms with E-state index in [2.05, 4.69) is 83.6 Å². The number of hydrogen-bond acceptors (Lipinski definition) is 2. The Kier molecular flexibility index (Phi) is 5.76. The van der Waals surface area contributed by atoms with Crippen molar-refractivity contribution < 1.29 is 0 Å². The van der Waals surface area contributed by atoms with Gasteiger partial charge in [-0.15, -0.1) is 0 Å². The zero-order chi connectivity index (χ0) is 17.5. The Balaban J connectivity index is 1.78. The fraction of sp³-hybridized carbons (Fsp3) is 0.174. The van der Waals surface area contributed by atoms with Crippen LogP contribution in [0.15, 0.2) is 79.4 Å². The van der Waals surface area contributed by atoms with Gasteiger partial charge in [0.15, 0.2) is 0 Å². The molecule has 3 aromatic rings. The van der Waals surface area contributed by atoms with Gasteiger partial charge in [0, 0.05) is 18.3 Å². The minimum Gasteiger partial charge on any atom is -0.304 e. The fourth-order valence-corrected chi connectivity index (χ4v) is 2.95. The van der Waals surface area contributed by atoms with Crippen molar-refractivity contribution in [3.63, 3.8) is 0 Å². The highest BCUT2D eigenvalue weighted by atomic mass is 14.9. The fourth-order valence-electron chi connectivity index (χ4n) is 2.95. The van der Waals surface area contributed by atoms with Crippen molar-refractivity contribution in [2.75, 3.05) is 0 Å². The molecular formula is C23H24N2. The summed E-state index contributed by atoms with van der Waals surface area (Å²) in [4.78, 5) is 4.60. The monoisotopic (exact) mass is 328 g/mol. The summed E-state index contributed by atoms with van der Waals surface area (Å²) in [6.45, 7) is 6.61. The van der Waals surface area contributed by atoms with Gasteiger partial charge in [-0.3, -0.25) is 4.98 Å². The molecule has 1 aromatic heterocycles. The van der Waals surface area contributed by atoms with Gasteiger partial charge in [-0.2, -0.15) is 0 Å². The molecule has 0 bridgehead atoms. The topological polar surface area (TPSA) is 24.9 Å². The molecule has 0 fully saturated rings. The Hall–Kier alpha value is -2.71. The van der Waals surface area contributed by atoms with Crippen molar-refractivity contribution in [2.24, 2.45) is 0 Å². The van der Waals surface area contributed by atoms with Crippen LogP contribution in [0.2, 0.25) is 0 Å². The van der Waals surface area contributed by atoms with E-state index >= 15 is 0 Å². The third-order valence-corrected chi connectivity index (χ3v) is 4.33. The molecule has 0 aliphatic heterocycles. The SMILES string of the molecule is C=Cc1ccc(C(Cc2ccccc2)NCc2cccc(C)n2)cc1. The summed E-state index contributed by atoms with van der Waals surface area (Å²) in [6.07, 6.45) is 2.82. The van der Waals surface area contributed by atoms with Crippen molar-refractivity contribution in [3.8, 4) is 0 Å². The Morgan fingerprint density at radius 1 is 0.960 bits per heavy atom. The molecule has 2 heteroatoms. The molecular weight excluding hydrogens is 304 g/mol. The third kappa shape index (κ3) is 4.88. The molecule has 2 nitrogen and oxygen atoms in total. The normalized spacial score (nSPS) is 11.9. The average molecular weight is 328 g/mol. The largest absolute Gasteiger partial charge is 0.304 e. The van der Waals surface area contributed by atoms with Crippen LogP contribution < -0.4 is 5.32 Å². The van der Waals surface area contributed by atoms with E-state index in [1.807, 2.05) is 19.1 Å². The van der Waals surface area contributed by atoms with Crippen molar-refractivity contribution >= 4 is 6.08 Å². The number of aromatic nitrogens is 1. The predicted molar refractivity (Wildman–Crippen MR) is 105 cm³/mol. The summed E-state index contributed by atoms with van der Waals surface area (Å²) in [7, 11) is 0. The first-order valence-corrected chi connectivity index (χ1v) is 8.67. The van der Waals surface area contributed by atoms with E-state index < -0.39 is 0 Å². The molecule has 0 spiro atoms. The summed E-state index contributed by atoms with van der Waals surface area (Å²) in [5, 5.41) is 3.68.